The maximum atomic E-state index is 10.7. The Labute approximate surface area is 116 Å². The summed E-state index contributed by atoms with van der Waals surface area (Å²) in [5, 5.41) is 8.11. The second-order valence-corrected chi connectivity index (χ2v) is 6.10. The average Bonchev–Trinajstić information content (AvgIpc) is 2.40. The lowest BCUT2D eigenvalue weighted by Crippen LogP contribution is -2.31. The minimum Gasteiger partial charge on any atom is -0.296 e. The Hall–Kier alpha value is -1.09. The fraction of sp³-hybridized carbons (Fsp3) is 0.688. The van der Waals surface area contributed by atoms with Gasteiger partial charge in [0.25, 0.3) is 0 Å². The predicted octanol–water partition coefficient (Wildman–Crippen LogP) is 4.36. The van der Waals surface area contributed by atoms with Crippen LogP contribution >= 0.6 is 0 Å². The second kappa shape index (κ2) is 7.49. The molecule has 19 heavy (non-hydrogen) atoms. The quantitative estimate of drug-likeness (QED) is 0.348. The molecule has 1 saturated carbocycles. The summed E-state index contributed by atoms with van der Waals surface area (Å²) in [4.78, 5) is 14.2. The van der Waals surface area contributed by atoms with E-state index in [1.54, 1.807) is 6.08 Å². The van der Waals surface area contributed by atoms with E-state index in [0.29, 0.717) is 11.3 Å². The summed E-state index contributed by atoms with van der Waals surface area (Å²) < 4.78 is 0. The van der Waals surface area contributed by atoms with Crippen LogP contribution in [0.2, 0.25) is 0 Å². The molecule has 1 aliphatic rings. The highest BCUT2D eigenvalue weighted by Gasteiger charge is 2.35. The van der Waals surface area contributed by atoms with Gasteiger partial charge in [0.2, 0.25) is 0 Å². The Morgan fingerprint density at radius 1 is 1.37 bits per heavy atom. The van der Waals surface area contributed by atoms with Crippen molar-refractivity contribution in [1.82, 2.24) is 0 Å². The molecule has 0 spiro atoms. The van der Waals surface area contributed by atoms with E-state index in [9.17, 15) is 4.79 Å². The van der Waals surface area contributed by atoms with Crippen molar-refractivity contribution in [3.05, 3.63) is 24.3 Å². The third-order valence-electron chi connectivity index (χ3n) is 4.59. The van der Waals surface area contributed by atoms with E-state index in [-0.39, 0.29) is 0 Å². The Morgan fingerprint density at radius 3 is 2.53 bits per heavy atom. The molecule has 0 atom stereocenters. The van der Waals surface area contributed by atoms with Crippen LogP contribution in [0.25, 0.3) is 0 Å². The molecular weight excluding hydrogens is 240 g/mol. The highest BCUT2D eigenvalue weighted by atomic mass is 17.1. The summed E-state index contributed by atoms with van der Waals surface area (Å²) in [6, 6.07) is 0. The highest BCUT2D eigenvalue weighted by molar-refractivity contribution is 5.81. The van der Waals surface area contributed by atoms with E-state index >= 15 is 0 Å². The summed E-state index contributed by atoms with van der Waals surface area (Å²) in [5.74, 6) is 0.792. The lowest BCUT2D eigenvalue weighted by atomic mass is 9.63. The fourth-order valence-corrected chi connectivity index (χ4v) is 2.90. The van der Waals surface area contributed by atoms with E-state index in [0.717, 1.165) is 12.3 Å². The topological polar surface area (TPSA) is 46.5 Å². The average molecular weight is 266 g/mol. The van der Waals surface area contributed by atoms with Gasteiger partial charge in [0.15, 0.2) is 0 Å². The molecule has 3 heteroatoms. The third-order valence-corrected chi connectivity index (χ3v) is 4.59. The molecular formula is C16H26O3. The first-order valence-corrected chi connectivity index (χ1v) is 7.19. The number of carbonyl (C=O) groups is 1. The van der Waals surface area contributed by atoms with Gasteiger partial charge in [-0.25, -0.2) is 4.79 Å². The predicted molar refractivity (Wildman–Crippen MR) is 76.5 cm³/mol. The van der Waals surface area contributed by atoms with Gasteiger partial charge < -0.3 is 0 Å². The minimum atomic E-state index is -0.741. The van der Waals surface area contributed by atoms with Crippen LogP contribution < -0.4 is 0 Å². The molecule has 0 amide bonds. The molecule has 108 valence electrons. The summed E-state index contributed by atoms with van der Waals surface area (Å²) in [6.45, 7) is 6.95. The van der Waals surface area contributed by atoms with Gasteiger partial charge in [-0.2, -0.15) is 5.26 Å². The van der Waals surface area contributed by atoms with Crippen molar-refractivity contribution >= 4 is 5.97 Å². The molecule has 0 aromatic carbocycles. The molecule has 3 nitrogen and oxygen atoms in total. The zero-order chi connectivity index (χ0) is 14.3. The van der Waals surface area contributed by atoms with Crippen LogP contribution in [0.1, 0.15) is 52.9 Å². The zero-order valence-electron chi connectivity index (χ0n) is 12.3. The van der Waals surface area contributed by atoms with Gasteiger partial charge in [0, 0.05) is 6.08 Å². The molecule has 0 radical (unpaired) electrons. The number of rotatable bonds is 5. The molecule has 0 bridgehead atoms. The lowest BCUT2D eigenvalue weighted by molar-refractivity contribution is -0.228. The van der Waals surface area contributed by atoms with Crippen molar-refractivity contribution in [1.29, 1.82) is 0 Å². The summed E-state index contributed by atoms with van der Waals surface area (Å²) in [6.07, 6.45) is 13.1. The Morgan fingerprint density at radius 2 is 2.00 bits per heavy atom. The minimum absolute atomic E-state index is 0.411. The highest BCUT2D eigenvalue weighted by Crippen LogP contribution is 2.47. The lowest BCUT2D eigenvalue weighted by Gasteiger charge is -2.42. The van der Waals surface area contributed by atoms with Gasteiger partial charge in [0.05, 0.1) is 0 Å². The Bertz CT molecular complexity index is 334. The van der Waals surface area contributed by atoms with E-state index < -0.39 is 5.97 Å². The fourth-order valence-electron chi connectivity index (χ4n) is 2.90. The molecule has 1 rings (SSSR count). The largest absolute Gasteiger partial charge is 0.365 e. The van der Waals surface area contributed by atoms with Crippen LogP contribution in [0.3, 0.4) is 0 Å². The van der Waals surface area contributed by atoms with Crippen molar-refractivity contribution in [2.24, 2.45) is 17.3 Å². The molecule has 0 saturated heterocycles. The van der Waals surface area contributed by atoms with Crippen LogP contribution in [0, 0.1) is 17.3 Å². The molecule has 1 fully saturated rings. The van der Waals surface area contributed by atoms with Crippen molar-refractivity contribution in [3.8, 4) is 0 Å². The molecule has 0 heterocycles. The maximum absolute atomic E-state index is 10.7. The molecule has 1 N–H and O–H groups in total. The smallest absolute Gasteiger partial charge is 0.296 e. The van der Waals surface area contributed by atoms with Crippen molar-refractivity contribution in [3.63, 3.8) is 0 Å². The monoisotopic (exact) mass is 266 g/mol. The van der Waals surface area contributed by atoms with Gasteiger partial charge in [-0.3, -0.25) is 4.89 Å². The summed E-state index contributed by atoms with van der Waals surface area (Å²) in [5.41, 5.74) is 0.411. The molecule has 0 aromatic rings. The van der Waals surface area contributed by atoms with E-state index in [1.807, 2.05) is 6.08 Å². The normalized spacial score (nSPS) is 28.4. The Balaban J connectivity index is 2.53. The van der Waals surface area contributed by atoms with Gasteiger partial charge in [-0.1, -0.05) is 51.8 Å². The number of carbonyl (C=O) groups excluding carboxylic acids is 1. The van der Waals surface area contributed by atoms with Gasteiger partial charge >= 0.3 is 5.97 Å². The van der Waals surface area contributed by atoms with Crippen LogP contribution in [0.4, 0.5) is 0 Å². The summed E-state index contributed by atoms with van der Waals surface area (Å²) >= 11 is 0. The SMILES string of the molecule is CC1CCC(C/C=C/C=C/C(=O)OO)(C(C)C)CC1. The van der Waals surface area contributed by atoms with Crippen LogP contribution in [0.15, 0.2) is 24.3 Å². The van der Waals surface area contributed by atoms with E-state index in [2.05, 4.69) is 31.7 Å². The third kappa shape index (κ3) is 4.83. The Kier molecular flexibility index (Phi) is 6.29. The van der Waals surface area contributed by atoms with E-state index in [1.165, 1.54) is 31.8 Å². The maximum Gasteiger partial charge on any atom is 0.365 e. The second-order valence-electron chi connectivity index (χ2n) is 6.10. The number of hydrogen-bond acceptors (Lipinski definition) is 3. The zero-order valence-corrected chi connectivity index (χ0v) is 12.3. The van der Waals surface area contributed by atoms with Crippen LogP contribution in [-0.2, 0) is 9.68 Å². The van der Waals surface area contributed by atoms with Crippen LogP contribution in [-0.4, -0.2) is 11.2 Å². The number of hydrogen-bond donors (Lipinski definition) is 1. The number of allylic oxidation sites excluding steroid dienone is 3. The van der Waals surface area contributed by atoms with Gasteiger partial charge in [-0.05, 0) is 36.5 Å². The summed E-state index contributed by atoms with van der Waals surface area (Å²) in [7, 11) is 0. The van der Waals surface area contributed by atoms with Crippen molar-refractivity contribution in [2.75, 3.05) is 0 Å². The molecule has 0 aliphatic heterocycles. The standard InChI is InChI=1S/C16H26O3/c1-13(2)16(11-8-14(3)9-12-16)10-6-4-5-7-15(17)19-18/h4-7,13-14,18H,8-12H2,1-3H3/b6-4+,7-5+. The van der Waals surface area contributed by atoms with Gasteiger partial charge in [0.1, 0.15) is 0 Å². The van der Waals surface area contributed by atoms with E-state index in [4.69, 9.17) is 5.26 Å². The van der Waals surface area contributed by atoms with Crippen molar-refractivity contribution < 1.29 is 14.9 Å². The van der Waals surface area contributed by atoms with Crippen LogP contribution in [0.5, 0.6) is 0 Å². The first-order valence-electron chi connectivity index (χ1n) is 7.19. The molecule has 0 unspecified atom stereocenters. The molecule has 0 aromatic heterocycles. The molecule has 1 aliphatic carbocycles. The van der Waals surface area contributed by atoms with Crippen molar-refractivity contribution in [2.45, 2.75) is 52.9 Å². The van der Waals surface area contributed by atoms with Gasteiger partial charge in [-0.15, -0.1) is 0 Å². The first kappa shape index (κ1) is 16.0. The first-order chi connectivity index (χ1) is 9.00.